The van der Waals surface area contributed by atoms with E-state index in [0.29, 0.717) is 25.7 Å². The Bertz CT molecular complexity index is 1040. The molecule has 56 heavy (non-hydrogen) atoms. The minimum absolute atomic E-state index is 0.0972. The van der Waals surface area contributed by atoms with Gasteiger partial charge in [-0.15, -0.1) is 0 Å². The fourth-order valence-electron chi connectivity index (χ4n) is 6.19. The number of unbranched alkanes of at least 4 members (excludes halogenated alkanes) is 22. The molecule has 6 nitrogen and oxygen atoms in total. The molecule has 0 aromatic rings. The fourth-order valence-corrected chi connectivity index (χ4v) is 6.19. The lowest BCUT2D eigenvalue weighted by Gasteiger charge is -2.18. The van der Waals surface area contributed by atoms with Gasteiger partial charge >= 0.3 is 17.9 Å². The minimum Gasteiger partial charge on any atom is -0.462 e. The highest BCUT2D eigenvalue weighted by molar-refractivity contribution is 5.71. The van der Waals surface area contributed by atoms with Crippen molar-refractivity contribution in [2.45, 2.75) is 226 Å². The SMILES string of the molecule is CCCC/C=C\CCCCCCCC(=O)OC(COC(=O)CCC/C=C\CCCCCC)COC(=O)CCCCCCC\C=C/C=C\C=C/CCCCCCC. The highest BCUT2D eigenvalue weighted by Crippen LogP contribution is 2.12. The molecule has 1 atom stereocenters. The van der Waals surface area contributed by atoms with E-state index in [4.69, 9.17) is 14.2 Å². The Labute approximate surface area is 345 Å². The van der Waals surface area contributed by atoms with Gasteiger partial charge in [-0.05, 0) is 83.5 Å². The summed E-state index contributed by atoms with van der Waals surface area (Å²) in [5, 5.41) is 0. The minimum atomic E-state index is -0.794. The smallest absolute Gasteiger partial charge is 0.306 e. The molecule has 0 rings (SSSR count). The summed E-state index contributed by atoms with van der Waals surface area (Å²) < 4.78 is 16.6. The molecule has 6 heteroatoms. The highest BCUT2D eigenvalue weighted by atomic mass is 16.6. The number of hydrogen-bond acceptors (Lipinski definition) is 6. The standard InChI is InChI=1S/C50H86O6/c1-4-7-10-13-16-19-21-22-23-24-25-26-27-29-31-34-37-40-43-49(52)55-46-47(45-54-48(51)42-39-36-33-30-18-15-12-9-6-3)56-50(53)44-41-38-35-32-28-20-17-14-11-8-5-2/h14,17,21-26,30,33,47H,4-13,15-16,18-20,27-29,31-32,34-46H2,1-3H3/b17-14-,22-21-,24-23-,26-25-,33-30-. The summed E-state index contributed by atoms with van der Waals surface area (Å²) in [6.07, 6.45) is 53.5. The van der Waals surface area contributed by atoms with Gasteiger partial charge < -0.3 is 14.2 Å². The molecule has 322 valence electrons. The highest BCUT2D eigenvalue weighted by Gasteiger charge is 2.19. The largest absolute Gasteiger partial charge is 0.462 e. The van der Waals surface area contributed by atoms with E-state index in [9.17, 15) is 14.4 Å². The third-order valence-electron chi connectivity index (χ3n) is 9.78. The van der Waals surface area contributed by atoms with Crippen molar-refractivity contribution in [1.29, 1.82) is 0 Å². The molecule has 0 aliphatic heterocycles. The lowest BCUT2D eigenvalue weighted by molar-refractivity contribution is -0.167. The van der Waals surface area contributed by atoms with Crippen LogP contribution < -0.4 is 0 Å². The number of ether oxygens (including phenoxy) is 3. The molecule has 0 spiro atoms. The van der Waals surface area contributed by atoms with Crippen LogP contribution in [0, 0.1) is 0 Å². The molecule has 0 radical (unpaired) electrons. The summed E-state index contributed by atoms with van der Waals surface area (Å²) in [4.78, 5) is 37.7. The van der Waals surface area contributed by atoms with Crippen molar-refractivity contribution in [2.75, 3.05) is 13.2 Å². The van der Waals surface area contributed by atoms with E-state index < -0.39 is 6.10 Å². The predicted molar refractivity (Wildman–Crippen MR) is 238 cm³/mol. The average Bonchev–Trinajstić information content (AvgIpc) is 3.19. The van der Waals surface area contributed by atoms with Crippen LogP contribution >= 0.6 is 0 Å². The molecule has 0 bridgehead atoms. The Morgan fingerprint density at radius 1 is 0.357 bits per heavy atom. The van der Waals surface area contributed by atoms with Gasteiger partial charge in [0.25, 0.3) is 0 Å². The van der Waals surface area contributed by atoms with Gasteiger partial charge in [-0.2, -0.15) is 0 Å². The van der Waals surface area contributed by atoms with Crippen molar-refractivity contribution in [3.8, 4) is 0 Å². The van der Waals surface area contributed by atoms with Crippen LogP contribution in [0.25, 0.3) is 0 Å². The maximum atomic E-state index is 12.7. The van der Waals surface area contributed by atoms with Gasteiger partial charge in [0.05, 0.1) is 0 Å². The molecule has 0 heterocycles. The van der Waals surface area contributed by atoms with E-state index in [1.165, 1.54) is 89.9 Å². The van der Waals surface area contributed by atoms with Crippen LogP contribution in [-0.2, 0) is 28.6 Å². The second-order valence-corrected chi connectivity index (χ2v) is 15.4. The third-order valence-corrected chi connectivity index (χ3v) is 9.78. The molecular formula is C50H86O6. The van der Waals surface area contributed by atoms with Crippen molar-refractivity contribution < 1.29 is 28.6 Å². The normalized spacial score (nSPS) is 12.6. The summed E-state index contributed by atoms with van der Waals surface area (Å²) in [5.41, 5.74) is 0. The van der Waals surface area contributed by atoms with Crippen molar-refractivity contribution in [2.24, 2.45) is 0 Å². The summed E-state index contributed by atoms with van der Waals surface area (Å²) in [6, 6.07) is 0. The first-order valence-corrected chi connectivity index (χ1v) is 23.3. The topological polar surface area (TPSA) is 78.9 Å². The van der Waals surface area contributed by atoms with E-state index in [0.717, 1.165) is 83.5 Å². The van der Waals surface area contributed by atoms with Gasteiger partial charge in [-0.3, -0.25) is 14.4 Å². The van der Waals surface area contributed by atoms with Crippen LogP contribution in [0.15, 0.2) is 60.8 Å². The number of hydrogen-bond donors (Lipinski definition) is 0. The molecule has 0 aromatic carbocycles. The molecule has 0 fully saturated rings. The number of allylic oxidation sites excluding steroid dienone is 10. The maximum Gasteiger partial charge on any atom is 0.306 e. The summed E-state index contributed by atoms with van der Waals surface area (Å²) >= 11 is 0. The summed E-state index contributed by atoms with van der Waals surface area (Å²) in [6.45, 7) is 6.48. The van der Waals surface area contributed by atoms with Gasteiger partial charge in [0.2, 0.25) is 0 Å². The van der Waals surface area contributed by atoms with Gasteiger partial charge in [-0.1, -0.05) is 178 Å². The quantitative estimate of drug-likeness (QED) is 0.0202. The van der Waals surface area contributed by atoms with Crippen molar-refractivity contribution in [1.82, 2.24) is 0 Å². The summed E-state index contributed by atoms with van der Waals surface area (Å²) in [5.74, 6) is -0.965. The zero-order valence-corrected chi connectivity index (χ0v) is 36.6. The van der Waals surface area contributed by atoms with Crippen LogP contribution in [0.4, 0.5) is 0 Å². The van der Waals surface area contributed by atoms with E-state index in [1.807, 2.05) is 0 Å². The van der Waals surface area contributed by atoms with Gasteiger partial charge in [0, 0.05) is 19.3 Å². The van der Waals surface area contributed by atoms with Crippen LogP contribution in [0.3, 0.4) is 0 Å². The number of esters is 3. The Kier molecular flexibility index (Phi) is 42.5. The first-order chi connectivity index (χ1) is 27.5. The Balaban J connectivity index is 4.39. The maximum absolute atomic E-state index is 12.7. The second kappa shape index (κ2) is 44.8. The van der Waals surface area contributed by atoms with Crippen molar-refractivity contribution in [3.63, 3.8) is 0 Å². The molecule has 0 aromatic heterocycles. The molecular weight excluding hydrogens is 697 g/mol. The van der Waals surface area contributed by atoms with Crippen molar-refractivity contribution >= 4 is 17.9 Å². The number of carbonyl (C=O) groups is 3. The van der Waals surface area contributed by atoms with E-state index in [-0.39, 0.29) is 31.1 Å². The Hall–Kier alpha value is -2.89. The second-order valence-electron chi connectivity index (χ2n) is 15.4. The van der Waals surface area contributed by atoms with Gasteiger partial charge in [0.1, 0.15) is 13.2 Å². The number of carbonyl (C=O) groups excluding carboxylic acids is 3. The van der Waals surface area contributed by atoms with E-state index in [1.54, 1.807) is 0 Å². The van der Waals surface area contributed by atoms with E-state index >= 15 is 0 Å². The molecule has 0 saturated heterocycles. The molecule has 1 unspecified atom stereocenters. The molecule has 0 aliphatic carbocycles. The first-order valence-electron chi connectivity index (χ1n) is 23.3. The average molecular weight is 783 g/mol. The van der Waals surface area contributed by atoms with Crippen LogP contribution in [-0.4, -0.2) is 37.2 Å². The van der Waals surface area contributed by atoms with Crippen molar-refractivity contribution in [3.05, 3.63) is 60.8 Å². The van der Waals surface area contributed by atoms with Gasteiger partial charge in [-0.25, -0.2) is 0 Å². The molecule has 0 saturated carbocycles. The van der Waals surface area contributed by atoms with Crippen LogP contribution in [0.1, 0.15) is 220 Å². The Morgan fingerprint density at radius 2 is 0.696 bits per heavy atom. The van der Waals surface area contributed by atoms with Gasteiger partial charge in [0.15, 0.2) is 6.10 Å². The molecule has 0 amide bonds. The zero-order valence-electron chi connectivity index (χ0n) is 36.6. The van der Waals surface area contributed by atoms with Crippen LogP contribution in [0.5, 0.6) is 0 Å². The lowest BCUT2D eigenvalue weighted by atomic mass is 10.1. The monoisotopic (exact) mass is 783 g/mol. The predicted octanol–water partition coefficient (Wildman–Crippen LogP) is 14.9. The molecule has 0 N–H and O–H groups in total. The zero-order chi connectivity index (χ0) is 40.8. The van der Waals surface area contributed by atoms with Crippen LogP contribution in [0.2, 0.25) is 0 Å². The fraction of sp³-hybridized carbons (Fsp3) is 0.740. The Morgan fingerprint density at radius 3 is 1.18 bits per heavy atom. The molecule has 0 aliphatic rings. The first kappa shape index (κ1) is 53.1. The third kappa shape index (κ3) is 42.3. The number of rotatable bonds is 41. The summed E-state index contributed by atoms with van der Waals surface area (Å²) in [7, 11) is 0. The van der Waals surface area contributed by atoms with E-state index in [2.05, 4.69) is 81.5 Å². The lowest BCUT2D eigenvalue weighted by Crippen LogP contribution is -2.30.